The Labute approximate surface area is 161 Å². The lowest BCUT2D eigenvalue weighted by molar-refractivity contribution is 0.0996. The summed E-state index contributed by atoms with van der Waals surface area (Å²) < 4.78 is 14.2. The van der Waals surface area contributed by atoms with Gasteiger partial charge in [-0.15, -0.1) is 6.58 Å². The number of ether oxygens (including phenoxy) is 2. The van der Waals surface area contributed by atoms with E-state index >= 15 is 0 Å². The normalized spacial score (nSPS) is 13.8. The van der Waals surface area contributed by atoms with E-state index in [1.165, 1.54) is 22.5 Å². The Hall–Kier alpha value is -2.86. The Balaban J connectivity index is 1.82. The molecule has 0 unspecified atom stereocenters. The van der Waals surface area contributed by atoms with E-state index in [1.54, 1.807) is 18.2 Å². The SMILES string of the molecule is C=CCn1c(=NC(=O)c2ccc3c(c2)OCCO3)sc2c(C)cc(C)cc21. The number of fused-ring (bicyclic) bond motifs is 2. The Kier molecular flexibility index (Phi) is 4.58. The highest BCUT2D eigenvalue weighted by atomic mass is 32.1. The van der Waals surface area contributed by atoms with Crippen LogP contribution in [0.25, 0.3) is 10.2 Å². The van der Waals surface area contributed by atoms with Crippen LogP contribution in [0.1, 0.15) is 21.5 Å². The summed E-state index contributed by atoms with van der Waals surface area (Å²) in [7, 11) is 0. The van der Waals surface area contributed by atoms with E-state index in [4.69, 9.17) is 9.47 Å². The summed E-state index contributed by atoms with van der Waals surface area (Å²) in [4.78, 5) is 17.9. The highest BCUT2D eigenvalue weighted by molar-refractivity contribution is 7.16. The van der Waals surface area contributed by atoms with Crippen molar-refractivity contribution in [2.75, 3.05) is 13.2 Å². The Morgan fingerprint density at radius 1 is 1.22 bits per heavy atom. The third-order valence-electron chi connectivity index (χ3n) is 4.41. The van der Waals surface area contributed by atoms with Gasteiger partial charge in [0.2, 0.25) is 0 Å². The van der Waals surface area contributed by atoms with Gasteiger partial charge in [0.15, 0.2) is 16.3 Å². The number of carbonyl (C=O) groups excluding carboxylic acids is 1. The number of aryl methyl sites for hydroxylation is 2. The lowest BCUT2D eigenvalue weighted by Gasteiger charge is -2.18. The molecule has 0 spiro atoms. The maximum Gasteiger partial charge on any atom is 0.279 e. The van der Waals surface area contributed by atoms with Crippen LogP contribution in [0.3, 0.4) is 0 Å². The summed E-state index contributed by atoms with van der Waals surface area (Å²) in [6.45, 7) is 9.59. The zero-order valence-corrected chi connectivity index (χ0v) is 16.1. The van der Waals surface area contributed by atoms with E-state index in [9.17, 15) is 4.79 Å². The minimum atomic E-state index is -0.300. The number of hydrogen-bond donors (Lipinski definition) is 0. The maximum absolute atomic E-state index is 12.8. The van der Waals surface area contributed by atoms with Gasteiger partial charge in [-0.1, -0.05) is 23.5 Å². The molecule has 138 valence electrons. The molecular formula is C21H20N2O3S. The number of hydrogen-bond acceptors (Lipinski definition) is 4. The second-order valence-corrected chi connectivity index (χ2v) is 7.47. The van der Waals surface area contributed by atoms with Crippen LogP contribution < -0.4 is 14.3 Å². The molecule has 6 heteroatoms. The molecule has 0 fully saturated rings. The smallest absolute Gasteiger partial charge is 0.279 e. The molecule has 0 atom stereocenters. The van der Waals surface area contributed by atoms with Crippen LogP contribution in [0.2, 0.25) is 0 Å². The first kappa shape index (κ1) is 17.5. The van der Waals surface area contributed by atoms with E-state index in [1.807, 2.05) is 10.6 Å². The van der Waals surface area contributed by atoms with Gasteiger partial charge in [0.1, 0.15) is 13.2 Å². The number of thiazole rings is 1. The van der Waals surface area contributed by atoms with Crippen molar-refractivity contribution in [2.24, 2.45) is 4.99 Å². The molecule has 0 saturated carbocycles. The molecule has 2 heterocycles. The third kappa shape index (κ3) is 3.28. The van der Waals surface area contributed by atoms with E-state index in [0.717, 1.165) is 10.2 Å². The summed E-state index contributed by atoms with van der Waals surface area (Å²) in [5, 5.41) is 0. The Morgan fingerprint density at radius 3 is 2.78 bits per heavy atom. The largest absolute Gasteiger partial charge is 0.486 e. The quantitative estimate of drug-likeness (QED) is 0.645. The number of aromatic nitrogens is 1. The molecule has 0 radical (unpaired) electrons. The zero-order chi connectivity index (χ0) is 19.0. The molecule has 1 aliphatic rings. The van der Waals surface area contributed by atoms with Crippen molar-refractivity contribution in [1.82, 2.24) is 4.57 Å². The highest BCUT2D eigenvalue weighted by Gasteiger charge is 2.15. The first-order valence-electron chi connectivity index (χ1n) is 8.77. The van der Waals surface area contributed by atoms with Gasteiger partial charge < -0.3 is 14.0 Å². The van der Waals surface area contributed by atoms with Crippen molar-refractivity contribution in [2.45, 2.75) is 20.4 Å². The lowest BCUT2D eigenvalue weighted by atomic mass is 10.1. The molecule has 0 aliphatic carbocycles. The molecule has 2 aromatic carbocycles. The number of carbonyl (C=O) groups is 1. The minimum Gasteiger partial charge on any atom is -0.486 e. The number of amides is 1. The molecule has 0 N–H and O–H groups in total. The molecule has 1 aromatic heterocycles. The molecule has 0 bridgehead atoms. The van der Waals surface area contributed by atoms with Crippen molar-refractivity contribution >= 4 is 27.5 Å². The van der Waals surface area contributed by atoms with E-state index < -0.39 is 0 Å². The van der Waals surface area contributed by atoms with Crippen LogP contribution in [-0.2, 0) is 6.54 Å². The number of nitrogens with zero attached hydrogens (tertiary/aromatic N) is 2. The monoisotopic (exact) mass is 380 g/mol. The highest BCUT2D eigenvalue weighted by Crippen LogP contribution is 2.31. The molecule has 27 heavy (non-hydrogen) atoms. The summed E-state index contributed by atoms with van der Waals surface area (Å²) in [6, 6.07) is 9.44. The predicted octanol–water partition coefficient (Wildman–Crippen LogP) is 4.02. The Bertz CT molecular complexity index is 1120. The summed E-state index contributed by atoms with van der Waals surface area (Å²) in [6.07, 6.45) is 1.82. The van der Waals surface area contributed by atoms with Crippen LogP contribution in [0, 0.1) is 13.8 Å². The zero-order valence-electron chi connectivity index (χ0n) is 15.3. The van der Waals surface area contributed by atoms with Crippen molar-refractivity contribution in [1.29, 1.82) is 0 Å². The van der Waals surface area contributed by atoms with Gasteiger partial charge in [0, 0.05) is 12.1 Å². The molecule has 1 amide bonds. The average Bonchev–Trinajstić information content (AvgIpc) is 2.99. The molecule has 1 aliphatic heterocycles. The average molecular weight is 380 g/mol. The Morgan fingerprint density at radius 2 is 2.00 bits per heavy atom. The fourth-order valence-electron chi connectivity index (χ4n) is 3.23. The first-order valence-corrected chi connectivity index (χ1v) is 9.58. The van der Waals surface area contributed by atoms with Gasteiger partial charge in [0.05, 0.1) is 10.2 Å². The van der Waals surface area contributed by atoms with Gasteiger partial charge in [0.25, 0.3) is 5.91 Å². The second-order valence-electron chi connectivity index (χ2n) is 6.49. The first-order chi connectivity index (χ1) is 13.1. The maximum atomic E-state index is 12.8. The van der Waals surface area contributed by atoms with Crippen molar-refractivity contribution < 1.29 is 14.3 Å². The number of benzene rings is 2. The van der Waals surface area contributed by atoms with Gasteiger partial charge in [-0.2, -0.15) is 4.99 Å². The second kappa shape index (κ2) is 7.04. The van der Waals surface area contributed by atoms with E-state index in [-0.39, 0.29) is 5.91 Å². The fraction of sp³-hybridized carbons (Fsp3) is 0.238. The van der Waals surface area contributed by atoms with Crippen molar-refractivity contribution in [3.63, 3.8) is 0 Å². The van der Waals surface area contributed by atoms with Crippen molar-refractivity contribution in [3.05, 3.63) is 64.5 Å². The predicted molar refractivity (Wildman–Crippen MR) is 107 cm³/mol. The van der Waals surface area contributed by atoms with E-state index in [2.05, 4.69) is 37.6 Å². The topological polar surface area (TPSA) is 52.8 Å². The molecule has 3 aromatic rings. The van der Waals surface area contributed by atoms with Gasteiger partial charge in [-0.3, -0.25) is 4.79 Å². The van der Waals surface area contributed by atoms with Crippen LogP contribution >= 0.6 is 11.3 Å². The summed E-state index contributed by atoms with van der Waals surface area (Å²) >= 11 is 1.52. The van der Waals surface area contributed by atoms with Crippen LogP contribution in [0.4, 0.5) is 0 Å². The van der Waals surface area contributed by atoms with Crippen LogP contribution in [-0.4, -0.2) is 23.7 Å². The van der Waals surface area contributed by atoms with Gasteiger partial charge in [-0.05, 0) is 49.2 Å². The van der Waals surface area contributed by atoms with Gasteiger partial charge in [-0.25, -0.2) is 0 Å². The lowest BCUT2D eigenvalue weighted by Crippen LogP contribution is -2.17. The summed E-state index contributed by atoms with van der Waals surface area (Å²) in [5.74, 6) is 0.947. The summed E-state index contributed by atoms with van der Waals surface area (Å²) in [5.41, 5.74) is 3.92. The fourth-order valence-corrected chi connectivity index (χ4v) is 4.32. The number of allylic oxidation sites excluding steroid dienone is 1. The van der Waals surface area contributed by atoms with Crippen molar-refractivity contribution in [3.8, 4) is 11.5 Å². The number of rotatable bonds is 3. The van der Waals surface area contributed by atoms with Gasteiger partial charge >= 0.3 is 0 Å². The van der Waals surface area contributed by atoms with Crippen LogP contribution in [0.5, 0.6) is 11.5 Å². The molecule has 4 rings (SSSR count). The minimum absolute atomic E-state index is 0.300. The standard InChI is InChI=1S/C21H20N2O3S/c1-4-7-23-16-11-13(2)10-14(3)19(16)27-21(23)22-20(24)15-5-6-17-18(12-15)26-9-8-25-17/h4-6,10-12H,1,7-9H2,2-3H3. The molecule has 0 saturated heterocycles. The molecular weight excluding hydrogens is 360 g/mol. The van der Waals surface area contributed by atoms with Crippen LogP contribution in [0.15, 0.2) is 48.0 Å². The van der Waals surface area contributed by atoms with E-state index in [0.29, 0.717) is 41.6 Å². The molecule has 5 nitrogen and oxygen atoms in total. The third-order valence-corrected chi connectivity index (χ3v) is 5.64.